The Bertz CT molecular complexity index is 787. The predicted octanol–water partition coefficient (Wildman–Crippen LogP) is 2.10. The van der Waals surface area contributed by atoms with Crippen LogP contribution in [0.25, 0.3) is 11.0 Å². The van der Waals surface area contributed by atoms with Gasteiger partial charge in [-0.2, -0.15) is 0 Å². The van der Waals surface area contributed by atoms with E-state index in [0.717, 1.165) is 20.3 Å². The number of nitrogens with zero attached hydrogens (tertiary/aromatic N) is 3. The predicted molar refractivity (Wildman–Crippen MR) is 86.8 cm³/mol. The molecule has 0 bridgehead atoms. The molecule has 0 fully saturated rings. The lowest BCUT2D eigenvalue weighted by Crippen LogP contribution is -2.26. The molecule has 2 aromatic carbocycles. The van der Waals surface area contributed by atoms with Gasteiger partial charge < -0.3 is 10.2 Å². The Morgan fingerprint density at radius 1 is 1.24 bits per heavy atom. The van der Waals surface area contributed by atoms with Gasteiger partial charge in [-0.1, -0.05) is 23.0 Å². The van der Waals surface area contributed by atoms with Crippen LogP contribution in [0.4, 0.5) is 5.69 Å². The van der Waals surface area contributed by atoms with Crippen molar-refractivity contribution in [3.05, 3.63) is 52.1 Å². The summed E-state index contributed by atoms with van der Waals surface area (Å²) in [6, 6.07) is 14.9. The van der Waals surface area contributed by atoms with E-state index in [2.05, 4.69) is 38.2 Å². The van der Waals surface area contributed by atoms with Gasteiger partial charge in [-0.15, -0.1) is 5.10 Å². The van der Waals surface area contributed by atoms with Crippen LogP contribution in [0, 0.1) is 3.57 Å². The van der Waals surface area contributed by atoms with Gasteiger partial charge in [-0.3, -0.25) is 4.79 Å². The van der Waals surface area contributed by atoms with Crippen LogP contribution in [0.3, 0.4) is 0 Å². The number of aromatic nitrogens is 3. The Balaban J connectivity index is 1.63. The summed E-state index contributed by atoms with van der Waals surface area (Å²) in [5, 5.41) is 10.6. The molecule has 0 spiro atoms. The fourth-order valence-corrected chi connectivity index (χ4v) is 2.37. The SMILES string of the molecule is O=C(COn1nnc2ccccc21)Nc1cccc(I)c1. The van der Waals surface area contributed by atoms with Crippen LogP contribution in [0.15, 0.2) is 48.5 Å². The maximum atomic E-state index is 11.9. The van der Waals surface area contributed by atoms with Gasteiger partial charge in [0.25, 0.3) is 5.91 Å². The first-order valence-corrected chi connectivity index (χ1v) is 7.29. The molecule has 0 aliphatic rings. The Morgan fingerprint density at radius 3 is 2.95 bits per heavy atom. The van der Waals surface area contributed by atoms with Crippen LogP contribution in [0.2, 0.25) is 0 Å². The number of nitrogens with one attached hydrogen (secondary N) is 1. The van der Waals surface area contributed by atoms with Crippen molar-refractivity contribution in [2.24, 2.45) is 0 Å². The highest BCUT2D eigenvalue weighted by Crippen LogP contribution is 2.12. The number of amides is 1. The van der Waals surface area contributed by atoms with E-state index in [-0.39, 0.29) is 12.5 Å². The standard InChI is InChI=1S/C14H11IN4O2/c15-10-4-3-5-11(8-10)16-14(20)9-21-19-13-7-2-1-6-12(13)17-18-19/h1-8H,9H2,(H,16,20). The molecular formula is C14H11IN4O2. The molecule has 6 nitrogen and oxygen atoms in total. The molecule has 1 N–H and O–H groups in total. The first-order valence-electron chi connectivity index (χ1n) is 6.21. The van der Waals surface area contributed by atoms with Gasteiger partial charge in [0.1, 0.15) is 11.0 Å². The highest BCUT2D eigenvalue weighted by atomic mass is 127. The van der Waals surface area contributed by atoms with Gasteiger partial charge in [0.15, 0.2) is 6.61 Å². The van der Waals surface area contributed by atoms with Crippen molar-refractivity contribution in [1.29, 1.82) is 0 Å². The molecule has 21 heavy (non-hydrogen) atoms. The third kappa shape index (κ3) is 3.30. The number of rotatable bonds is 4. The van der Waals surface area contributed by atoms with E-state index in [9.17, 15) is 4.79 Å². The molecule has 0 radical (unpaired) electrons. The molecule has 0 saturated carbocycles. The van der Waals surface area contributed by atoms with Crippen molar-refractivity contribution >= 4 is 45.2 Å². The minimum Gasteiger partial charge on any atom is -0.385 e. The molecule has 3 rings (SSSR count). The topological polar surface area (TPSA) is 69.0 Å². The Labute approximate surface area is 134 Å². The zero-order chi connectivity index (χ0) is 14.7. The fourth-order valence-electron chi connectivity index (χ4n) is 1.83. The average molecular weight is 394 g/mol. The summed E-state index contributed by atoms with van der Waals surface area (Å²) in [6.45, 7) is -0.140. The van der Waals surface area contributed by atoms with Crippen molar-refractivity contribution in [2.45, 2.75) is 0 Å². The second-order valence-electron chi connectivity index (χ2n) is 4.28. The number of halogens is 1. The lowest BCUT2D eigenvalue weighted by atomic mass is 10.3. The lowest BCUT2D eigenvalue weighted by Gasteiger charge is -2.07. The quantitative estimate of drug-likeness (QED) is 0.689. The molecule has 1 heterocycles. The fraction of sp³-hybridized carbons (Fsp3) is 0.0714. The zero-order valence-corrected chi connectivity index (χ0v) is 13.0. The number of anilines is 1. The maximum absolute atomic E-state index is 11.9. The molecule has 1 aromatic heterocycles. The largest absolute Gasteiger partial charge is 0.385 e. The van der Waals surface area contributed by atoms with E-state index in [1.54, 1.807) is 0 Å². The average Bonchev–Trinajstić information content (AvgIpc) is 2.88. The molecule has 0 aliphatic carbocycles. The number of carbonyl (C=O) groups is 1. The highest BCUT2D eigenvalue weighted by Gasteiger charge is 2.07. The monoisotopic (exact) mass is 394 g/mol. The Morgan fingerprint density at radius 2 is 2.10 bits per heavy atom. The molecule has 0 atom stereocenters. The third-order valence-corrected chi connectivity index (χ3v) is 3.42. The number of hydrogen-bond donors (Lipinski definition) is 1. The van der Waals surface area contributed by atoms with Crippen molar-refractivity contribution in [1.82, 2.24) is 15.2 Å². The minimum atomic E-state index is -0.253. The van der Waals surface area contributed by atoms with Gasteiger partial charge in [-0.25, -0.2) is 0 Å². The molecule has 0 unspecified atom stereocenters. The lowest BCUT2D eigenvalue weighted by molar-refractivity contribution is -0.121. The molecule has 0 saturated heterocycles. The smallest absolute Gasteiger partial charge is 0.265 e. The first-order chi connectivity index (χ1) is 10.2. The van der Waals surface area contributed by atoms with Crippen molar-refractivity contribution in [3.8, 4) is 0 Å². The van der Waals surface area contributed by atoms with Gasteiger partial charge in [0.2, 0.25) is 0 Å². The van der Waals surface area contributed by atoms with E-state index in [4.69, 9.17) is 4.84 Å². The maximum Gasteiger partial charge on any atom is 0.265 e. The summed E-state index contributed by atoms with van der Waals surface area (Å²) in [5.74, 6) is -0.253. The first kappa shape index (κ1) is 13.8. The van der Waals surface area contributed by atoms with E-state index < -0.39 is 0 Å². The van der Waals surface area contributed by atoms with E-state index in [0.29, 0.717) is 0 Å². The van der Waals surface area contributed by atoms with Crippen LogP contribution in [0.5, 0.6) is 0 Å². The Hall–Kier alpha value is -2.16. The number of carbonyl (C=O) groups excluding carboxylic acids is 1. The second kappa shape index (κ2) is 6.08. The van der Waals surface area contributed by atoms with Crippen LogP contribution in [-0.2, 0) is 4.79 Å². The molecule has 106 valence electrons. The van der Waals surface area contributed by atoms with Crippen molar-refractivity contribution in [2.75, 3.05) is 11.9 Å². The van der Waals surface area contributed by atoms with Crippen molar-refractivity contribution in [3.63, 3.8) is 0 Å². The van der Waals surface area contributed by atoms with Gasteiger partial charge in [0, 0.05) is 9.26 Å². The minimum absolute atomic E-state index is 0.140. The summed E-state index contributed by atoms with van der Waals surface area (Å²) in [7, 11) is 0. The van der Waals surface area contributed by atoms with Gasteiger partial charge in [0.05, 0.1) is 0 Å². The van der Waals surface area contributed by atoms with E-state index in [1.807, 2.05) is 48.5 Å². The van der Waals surface area contributed by atoms with Gasteiger partial charge >= 0.3 is 0 Å². The van der Waals surface area contributed by atoms with Crippen LogP contribution in [-0.4, -0.2) is 27.7 Å². The number of hydrogen-bond acceptors (Lipinski definition) is 4. The molecule has 3 aromatic rings. The van der Waals surface area contributed by atoms with Crippen LogP contribution < -0.4 is 10.2 Å². The van der Waals surface area contributed by atoms with Crippen LogP contribution in [0.1, 0.15) is 0 Å². The third-order valence-electron chi connectivity index (χ3n) is 2.75. The van der Waals surface area contributed by atoms with Crippen molar-refractivity contribution < 1.29 is 9.63 Å². The summed E-state index contributed by atoms with van der Waals surface area (Å²) in [4.78, 5) is 18.5. The van der Waals surface area contributed by atoms with E-state index >= 15 is 0 Å². The summed E-state index contributed by atoms with van der Waals surface area (Å²) in [6.07, 6.45) is 0. The summed E-state index contributed by atoms with van der Waals surface area (Å²) in [5.41, 5.74) is 2.18. The Kier molecular flexibility index (Phi) is 4.00. The zero-order valence-electron chi connectivity index (χ0n) is 10.9. The molecular weight excluding hydrogens is 383 g/mol. The van der Waals surface area contributed by atoms with Crippen LogP contribution >= 0.6 is 22.6 Å². The molecule has 0 aliphatic heterocycles. The molecule has 7 heteroatoms. The number of benzene rings is 2. The summed E-state index contributed by atoms with van der Waals surface area (Å²) < 4.78 is 1.05. The second-order valence-corrected chi connectivity index (χ2v) is 5.53. The number of fused-ring (bicyclic) bond motifs is 1. The normalized spacial score (nSPS) is 10.5. The highest BCUT2D eigenvalue weighted by molar-refractivity contribution is 14.1. The summed E-state index contributed by atoms with van der Waals surface area (Å²) >= 11 is 2.19. The molecule has 1 amide bonds. The van der Waals surface area contributed by atoms with E-state index in [1.165, 1.54) is 4.85 Å². The number of para-hydroxylation sites is 1. The van der Waals surface area contributed by atoms with Gasteiger partial charge in [-0.05, 0) is 58.1 Å².